The highest BCUT2D eigenvalue weighted by molar-refractivity contribution is 6.00. The molecule has 1 atom stereocenters. The van der Waals surface area contributed by atoms with Crippen molar-refractivity contribution < 1.29 is 31.9 Å². The number of nitrogens with one attached hydrogen (secondary N) is 4. The number of halogens is 5. The monoisotopic (exact) mass is 515 g/mol. The molecule has 190 valence electrons. The number of urea groups is 1. The van der Waals surface area contributed by atoms with Gasteiger partial charge in [-0.2, -0.15) is 0 Å². The summed E-state index contributed by atoms with van der Waals surface area (Å²) >= 11 is 0. The van der Waals surface area contributed by atoms with Crippen LogP contribution in [0.25, 0.3) is 22.5 Å². The summed E-state index contributed by atoms with van der Waals surface area (Å²) in [6, 6.07) is 5.85. The normalized spacial score (nSPS) is 14.5. The zero-order chi connectivity index (χ0) is 26.4. The van der Waals surface area contributed by atoms with Crippen LogP contribution in [0, 0.1) is 36.0 Å². The standard InChI is InChI=1S/C25H18F5N5O2/c1-10-8-31-23(33-10)14-5-4-12(15-9-32-24(36)19(14)15)13-3-2-11(6-16(13)26)34-25(37)35-22-20(29)17(27)7-18(28)21(22)30/h2-8,24,32,36H,9H2,1H3,(H,31,33)(H2,34,35,37). The van der Waals surface area contributed by atoms with E-state index in [0.717, 1.165) is 11.8 Å². The van der Waals surface area contributed by atoms with E-state index in [9.17, 15) is 27.5 Å². The van der Waals surface area contributed by atoms with Crippen molar-refractivity contribution in [2.75, 3.05) is 10.6 Å². The number of imidazole rings is 1. The van der Waals surface area contributed by atoms with E-state index in [0.29, 0.717) is 28.1 Å². The number of aliphatic hydroxyl groups is 1. The predicted molar refractivity (Wildman–Crippen MR) is 125 cm³/mol. The molecule has 2 heterocycles. The molecule has 0 spiro atoms. The smallest absolute Gasteiger partial charge is 0.323 e. The summed E-state index contributed by atoms with van der Waals surface area (Å²) in [6.45, 7) is 2.11. The maximum absolute atomic E-state index is 15.1. The van der Waals surface area contributed by atoms with Crippen molar-refractivity contribution in [2.24, 2.45) is 0 Å². The first-order chi connectivity index (χ1) is 17.6. The van der Waals surface area contributed by atoms with Gasteiger partial charge in [-0.15, -0.1) is 0 Å². The van der Waals surface area contributed by atoms with Crippen LogP contribution in [0.5, 0.6) is 0 Å². The summed E-state index contributed by atoms with van der Waals surface area (Å²) in [7, 11) is 0. The van der Waals surface area contributed by atoms with E-state index in [2.05, 4.69) is 20.6 Å². The minimum atomic E-state index is -1.78. The Morgan fingerprint density at radius 1 is 0.946 bits per heavy atom. The molecule has 5 rings (SSSR count). The maximum Gasteiger partial charge on any atom is 0.323 e. The number of hydrogen-bond acceptors (Lipinski definition) is 4. The summed E-state index contributed by atoms with van der Waals surface area (Å²) in [5, 5.41) is 17.3. The molecule has 0 radical (unpaired) electrons. The number of aromatic amines is 1. The number of aromatic nitrogens is 2. The van der Waals surface area contributed by atoms with Gasteiger partial charge in [-0.25, -0.2) is 31.7 Å². The van der Waals surface area contributed by atoms with Crippen LogP contribution in [0.3, 0.4) is 0 Å². The number of anilines is 2. The molecule has 0 fully saturated rings. The molecule has 5 N–H and O–H groups in total. The van der Waals surface area contributed by atoms with Gasteiger partial charge in [0, 0.05) is 46.9 Å². The van der Waals surface area contributed by atoms with E-state index in [4.69, 9.17) is 0 Å². The van der Waals surface area contributed by atoms with Gasteiger partial charge in [0.1, 0.15) is 23.6 Å². The van der Waals surface area contributed by atoms with Crippen molar-refractivity contribution in [3.63, 3.8) is 0 Å². The first kappa shape index (κ1) is 24.4. The Bertz CT molecular complexity index is 1530. The molecule has 1 unspecified atom stereocenters. The van der Waals surface area contributed by atoms with Gasteiger partial charge in [-0.1, -0.05) is 12.1 Å². The van der Waals surface area contributed by atoms with E-state index in [1.165, 1.54) is 12.1 Å². The molecule has 0 saturated carbocycles. The highest BCUT2D eigenvalue weighted by atomic mass is 19.2. The maximum atomic E-state index is 15.1. The van der Waals surface area contributed by atoms with Crippen molar-refractivity contribution in [3.8, 4) is 22.5 Å². The molecule has 1 aliphatic rings. The molecule has 2 amide bonds. The lowest BCUT2D eigenvalue weighted by Gasteiger charge is -2.15. The van der Waals surface area contributed by atoms with E-state index >= 15 is 4.39 Å². The number of aliphatic hydroxyl groups excluding tert-OH is 1. The van der Waals surface area contributed by atoms with Crippen LogP contribution in [-0.2, 0) is 6.54 Å². The van der Waals surface area contributed by atoms with Gasteiger partial charge < -0.3 is 20.7 Å². The average molecular weight is 515 g/mol. The van der Waals surface area contributed by atoms with Crippen LogP contribution in [0.15, 0.2) is 42.6 Å². The number of carbonyl (C=O) groups is 1. The van der Waals surface area contributed by atoms with Crippen LogP contribution < -0.4 is 16.0 Å². The Morgan fingerprint density at radius 2 is 1.62 bits per heavy atom. The summed E-state index contributed by atoms with van der Waals surface area (Å²) in [5.74, 6) is -7.13. The zero-order valence-corrected chi connectivity index (χ0v) is 19.0. The second kappa shape index (κ2) is 9.30. The molecule has 0 aliphatic carbocycles. The van der Waals surface area contributed by atoms with Gasteiger partial charge in [-0.05, 0) is 36.2 Å². The third-order valence-corrected chi connectivity index (χ3v) is 5.93. The Hall–Kier alpha value is -4.29. The van der Waals surface area contributed by atoms with Gasteiger partial charge in [0.15, 0.2) is 23.3 Å². The third kappa shape index (κ3) is 4.41. The number of aryl methyl sites for hydroxylation is 1. The lowest BCUT2D eigenvalue weighted by atomic mass is 9.92. The van der Waals surface area contributed by atoms with Crippen molar-refractivity contribution >= 4 is 17.4 Å². The second-order valence-corrected chi connectivity index (χ2v) is 8.37. The summed E-state index contributed by atoms with van der Waals surface area (Å²) < 4.78 is 69.5. The highest BCUT2D eigenvalue weighted by Crippen LogP contribution is 2.40. The lowest BCUT2D eigenvalue weighted by Crippen LogP contribution is -2.21. The van der Waals surface area contributed by atoms with E-state index < -0.39 is 47.0 Å². The Morgan fingerprint density at radius 3 is 2.27 bits per heavy atom. The van der Waals surface area contributed by atoms with Gasteiger partial charge in [0.2, 0.25) is 0 Å². The quantitative estimate of drug-likeness (QED) is 0.183. The molecule has 0 bridgehead atoms. The molecule has 4 aromatic rings. The number of carbonyl (C=O) groups excluding carboxylic acids is 1. The van der Waals surface area contributed by atoms with Gasteiger partial charge in [0.25, 0.3) is 0 Å². The number of H-pyrrole nitrogens is 1. The molecule has 3 aromatic carbocycles. The van der Waals surface area contributed by atoms with Crippen molar-refractivity contribution in [1.82, 2.24) is 15.3 Å². The fourth-order valence-electron chi connectivity index (χ4n) is 4.25. The predicted octanol–water partition coefficient (Wildman–Crippen LogP) is 5.49. The minimum Gasteiger partial charge on any atom is -0.374 e. The zero-order valence-electron chi connectivity index (χ0n) is 19.0. The molecule has 12 heteroatoms. The largest absolute Gasteiger partial charge is 0.374 e. The van der Waals surface area contributed by atoms with Gasteiger partial charge in [-0.3, -0.25) is 5.32 Å². The third-order valence-electron chi connectivity index (χ3n) is 5.93. The van der Waals surface area contributed by atoms with Crippen LogP contribution in [0.4, 0.5) is 38.1 Å². The fourth-order valence-corrected chi connectivity index (χ4v) is 4.25. The number of benzene rings is 3. The van der Waals surface area contributed by atoms with E-state index in [-0.39, 0.29) is 23.9 Å². The van der Waals surface area contributed by atoms with Crippen LogP contribution in [0.1, 0.15) is 23.0 Å². The van der Waals surface area contributed by atoms with Crippen LogP contribution in [-0.4, -0.2) is 21.1 Å². The molecule has 0 saturated heterocycles. The first-order valence-corrected chi connectivity index (χ1v) is 10.9. The highest BCUT2D eigenvalue weighted by Gasteiger charge is 2.28. The van der Waals surface area contributed by atoms with Crippen molar-refractivity contribution in [1.29, 1.82) is 0 Å². The summed E-state index contributed by atoms with van der Waals surface area (Å²) in [4.78, 5) is 19.6. The summed E-state index contributed by atoms with van der Waals surface area (Å²) in [6.07, 6.45) is 0.663. The Kier molecular flexibility index (Phi) is 6.13. The van der Waals surface area contributed by atoms with Crippen molar-refractivity contribution in [3.05, 3.63) is 88.5 Å². The van der Waals surface area contributed by atoms with Crippen LogP contribution >= 0.6 is 0 Å². The average Bonchev–Trinajstić information content (AvgIpc) is 3.46. The first-order valence-electron chi connectivity index (χ1n) is 10.9. The van der Waals surface area contributed by atoms with E-state index in [1.807, 2.05) is 6.92 Å². The molecule has 7 nitrogen and oxygen atoms in total. The number of hydrogen-bond donors (Lipinski definition) is 5. The molecule has 1 aliphatic heterocycles. The summed E-state index contributed by atoms with van der Waals surface area (Å²) in [5.41, 5.74) is 1.97. The van der Waals surface area contributed by atoms with Crippen molar-refractivity contribution in [2.45, 2.75) is 19.7 Å². The fraction of sp³-hybridized carbons (Fsp3) is 0.120. The molecule has 1 aromatic heterocycles. The van der Waals surface area contributed by atoms with Gasteiger partial charge >= 0.3 is 6.03 Å². The minimum absolute atomic E-state index is 0.00924. The molecular formula is C25H18F5N5O2. The molecule has 37 heavy (non-hydrogen) atoms. The SMILES string of the molecule is Cc1cnc(-c2ccc(-c3ccc(NC(=O)Nc4c(F)c(F)cc(F)c4F)cc3F)c3c2C(O)NC3)[nH]1. The topological polar surface area (TPSA) is 102 Å². The number of amides is 2. The Balaban J connectivity index is 1.42. The molecular weight excluding hydrogens is 497 g/mol. The second-order valence-electron chi connectivity index (χ2n) is 8.37. The number of fused-ring (bicyclic) bond motifs is 1. The van der Waals surface area contributed by atoms with E-state index in [1.54, 1.807) is 23.6 Å². The van der Waals surface area contributed by atoms with Crippen LogP contribution in [0.2, 0.25) is 0 Å². The Labute approximate surface area is 206 Å². The number of rotatable bonds is 4. The number of nitrogens with zero attached hydrogens (tertiary/aromatic N) is 1. The van der Waals surface area contributed by atoms with Gasteiger partial charge in [0.05, 0.1) is 0 Å². The lowest BCUT2D eigenvalue weighted by molar-refractivity contribution is 0.152.